The second kappa shape index (κ2) is 7.67. The Morgan fingerprint density at radius 2 is 1.73 bits per heavy atom. The van der Waals surface area contributed by atoms with E-state index in [1.807, 2.05) is 19.1 Å². The Kier molecular flexibility index (Phi) is 5.03. The second-order valence-corrected chi connectivity index (χ2v) is 6.93. The molecular formula is C23H18F3N3O. The zero-order valence-corrected chi connectivity index (χ0v) is 16.0. The molecule has 2 heterocycles. The van der Waals surface area contributed by atoms with E-state index in [1.165, 1.54) is 18.2 Å². The number of pyridine rings is 2. The molecule has 0 spiro atoms. The molecule has 0 aliphatic heterocycles. The summed E-state index contributed by atoms with van der Waals surface area (Å²) in [6, 6.07) is 15.1. The third kappa shape index (κ3) is 3.78. The maximum atomic E-state index is 13.5. The molecular weight excluding hydrogens is 391 g/mol. The van der Waals surface area contributed by atoms with Crippen LogP contribution in [0.3, 0.4) is 0 Å². The highest BCUT2D eigenvalue weighted by Crippen LogP contribution is 2.40. The summed E-state index contributed by atoms with van der Waals surface area (Å²) in [6.45, 7) is 1.81. The molecule has 0 saturated carbocycles. The average Bonchev–Trinajstić information content (AvgIpc) is 2.73. The van der Waals surface area contributed by atoms with Gasteiger partial charge in [-0.1, -0.05) is 36.4 Å². The lowest BCUT2D eigenvalue weighted by molar-refractivity contribution is -0.137. The van der Waals surface area contributed by atoms with Gasteiger partial charge < -0.3 is 10.4 Å². The Balaban J connectivity index is 1.88. The Hall–Kier alpha value is -3.61. The zero-order valence-electron chi connectivity index (χ0n) is 16.0. The first-order valence-corrected chi connectivity index (χ1v) is 9.26. The summed E-state index contributed by atoms with van der Waals surface area (Å²) in [5, 5.41) is 14.7. The number of aryl methyl sites for hydroxylation is 1. The fourth-order valence-corrected chi connectivity index (χ4v) is 3.42. The van der Waals surface area contributed by atoms with Crippen molar-refractivity contribution in [3.05, 3.63) is 95.4 Å². The minimum atomic E-state index is -4.52. The van der Waals surface area contributed by atoms with E-state index in [0.717, 1.165) is 17.1 Å². The topological polar surface area (TPSA) is 58.0 Å². The summed E-state index contributed by atoms with van der Waals surface area (Å²) in [7, 11) is 0. The van der Waals surface area contributed by atoms with E-state index in [9.17, 15) is 18.3 Å². The maximum Gasteiger partial charge on any atom is 0.418 e. The van der Waals surface area contributed by atoms with Crippen LogP contribution in [0.25, 0.3) is 10.9 Å². The molecule has 0 saturated heterocycles. The first-order chi connectivity index (χ1) is 14.3. The molecule has 2 aromatic heterocycles. The number of nitrogens with one attached hydrogen (secondary N) is 1. The first-order valence-electron chi connectivity index (χ1n) is 9.26. The van der Waals surface area contributed by atoms with Gasteiger partial charge in [-0.2, -0.15) is 13.2 Å². The third-order valence-corrected chi connectivity index (χ3v) is 4.87. The molecule has 4 rings (SSSR count). The van der Waals surface area contributed by atoms with Gasteiger partial charge in [0, 0.05) is 34.7 Å². The number of benzene rings is 2. The minimum absolute atomic E-state index is 0.0814. The normalized spacial score (nSPS) is 12.7. The monoisotopic (exact) mass is 409 g/mol. The van der Waals surface area contributed by atoms with Gasteiger partial charge in [0.2, 0.25) is 0 Å². The Bertz CT molecular complexity index is 1190. The van der Waals surface area contributed by atoms with Crippen molar-refractivity contribution in [1.29, 1.82) is 0 Å². The highest BCUT2D eigenvalue weighted by atomic mass is 19.4. The van der Waals surface area contributed by atoms with Crippen LogP contribution in [0.1, 0.15) is 28.4 Å². The van der Waals surface area contributed by atoms with E-state index in [4.69, 9.17) is 0 Å². The number of hydrogen-bond acceptors (Lipinski definition) is 4. The number of nitrogens with zero attached hydrogens (tertiary/aromatic N) is 2. The first kappa shape index (κ1) is 19.7. The summed E-state index contributed by atoms with van der Waals surface area (Å²) in [4.78, 5) is 8.49. The lowest BCUT2D eigenvalue weighted by atomic mass is 9.96. The molecule has 0 aliphatic rings. The van der Waals surface area contributed by atoms with Crippen molar-refractivity contribution in [2.24, 2.45) is 0 Å². The van der Waals surface area contributed by atoms with Gasteiger partial charge in [0.25, 0.3) is 0 Å². The average molecular weight is 409 g/mol. The van der Waals surface area contributed by atoms with Crippen LogP contribution in [0.4, 0.5) is 18.9 Å². The van der Waals surface area contributed by atoms with Crippen molar-refractivity contribution in [3.8, 4) is 5.75 Å². The van der Waals surface area contributed by atoms with Crippen LogP contribution < -0.4 is 5.32 Å². The molecule has 0 fully saturated rings. The van der Waals surface area contributed by atoms with Gasteiger partial charge in [-0.3, -0.25) is 4.98 Å². The molecule has 2 N–H and O–H groups in total. The lowest BCUT2D eigenvalue weighted by Gasteiger charge is -2.24. The number of rotatable bonds is 4. The van der Waals surface area contributed by atoms with Crippen LogP contribution in [-0.2, 0) is 6.18 Å². The Morgan fingerprint density at radius 3 is 2.47 bits per heavy atom. The standard InChI is InChI=1S/C23H18F3N3O/c1-14-8-9-15-10-11-17(22(30)21(15)28-14)20(16-5-4-12-27-13-16)29-19-7-3-2-6-18(19)23(24,25)26/h2-13,20,29-30H,1H3. The quantitative estimate of drug-likeness (QED) is 0.443. The number of anilines is 1. The zero-order chi connectivity index (χ0) is 21.3. The maximum absolute atomic E-state index is 13.5. The highest BCUT2D eigenvalue weighted by molar-refractivity contribution is 5.86. The van der Waals surface area contributed by atoms with Crippen molar-refractivity contribution in [2.45, 2.75) is 19.1 Å². The van der Waals surface area contributed by atoms with Gasteiger partial charge >= 0.3 is 6.18 Å². The SMILES string of the molecule is Cc1ccc2ccc(C(Nc3ccccc3C(F)(F)F)c3cccnc3)c(O)c2n1. The molecule has 1 unspecified atom stereocenters. The summed E-state index contributed by atoms with van der Waals surface area (Å²) in [6.07, 6.45) is -1.39. The molecule has 7 heteroatoms. The summed E-state index contributed by atoms with van der Waals surface area (Å²) in [5.41, 5.74) is 1.27. The largest absolute Gasteiger partial charge is 0.505 e. The number of phenolic OH excluding ortho intramolecular Hbond substituents is 1. The summed E-state index contributed by atoms with van der Waals surface area (Å²) >= 11 is 0. The van der Waals surface area contributed by atoms with Gasteiger partial charge in [0.05, 0.1) is 11.6 Å². The van der Waals surface area contributed by atoms with E-state index < -0.39 is 17.8 Å². The van der Waals surface area contributed by atoms with E-state index in [1.54, 1.807) is 36.7 Å². The van der Waals surface area contributed by atoms with Gasteiger partial charge in [0.1, 0.15) is 11.3 Å². The number of phenols is 1. The van der Waals surface area contributed by atoms with Crippen LogP contribution in [0.15, 0.2) is 73.1 Å². The molecule has 0 amide bonds. The number of halogens is 3. The smallest absolute Gasteiger partial charge is 0.418 e. The van der Waals surface area contributed by atoms with E-state index in [-0.39, 0.29) is 11.4 Å². The molecule has 2 aromatic carbocycles. The van der Waals surface area contributed by atoms with Crippen molar-refractivity contribution < 1.29 is 18.3 Å². The molecule has 0 aliphatic carbocycles. The molecule has 152 valence electrons. The van der Waals surface area contributed by atoms with Crippen LogP contribution in [0.2, 0.25) is 0 Å². The minimum Gasteiger partial charge on any atom is -0.505 e. The molecule has 30 heavy (non-hydrogen) atoms. The van der Waals surface area contributed by atoms with Crippen LogP contribution >= 0.6 is 0 Å². The van der Waals surface area contributed by atoms with Crippen LogP contribution in [0.5, 0.6) is 5.75 Å². The van der Waals surface area contributed by atoms with E-state index in [0.29, 0.717) is 16.6 Å². The van der Waals surface area contributed by atoms with E-state index >= 15 is 0 Å². The lowest BCUT2D eigenvalue weighted by Crippen LogP contribution is -2.17. The highest BCUT2D eigenvalue weighted by Gasteiger charge is 2.34. The number of fused-ring (bicyclic) bond motifs is 1. The number of hydrogen-bond donors (Lipinski definition) is 2. The third-order valence-electron chi connectivity index (χ3n) is 4.87. The summed E-state index contributed by atoms with van der Waals surface area (Å²) in [5.74, 6) is -0.0814. The van der Waals surface area contributed by atoms with E-state index in [2.05, 4.69) is 15.3 Å². The predicted octanol–water partition coefficient (Wildman–Crippen LogP) is 5.86. The van der Waals surface area contributed by atoms with Gasteiger partial charge in [-0.05, 0) is 36.8 Å². The number of aromatic hydroxyl groups is 1. The number of alkyl halides is 3. The fourth-order valence-electron chi connectivity index (χ4n) is 3.42. The van der Waals surface area contributed by atoms with Gasteiger partial charge in [-0.25, -0.2) is 4.98 Å². The molecule has 0 radical (unpaired) electrons. The Morgan fingerprint density at radius 1 is 0.967 bits per heavy atom. The van der Waals surface area contributed by atoms with Crippen LogP contribution in [-0.4, -0.2) is 15.1 Å². The molecule has 0 bridgehead atoms. The van der Waals surface area contributed by atoms with Crippen molar-refractivity contribution in [2.75, 3.05) is 5.32 Å². The fraction of sp³-hybridized carbons (Fsp3) is 0.130. The molecule has 4 aromatic rings. The van der Waals surface area contributed by atoms with Gasteiger partial charge in [-0.15, -0.1) is 0 Å². The van der Waals surface area contributed by atoms with Crippen molar-refractivity contribution in [3.63, 3.8) is 0 Å². The van der Waals surface area contributed by atoms with Gasteiger partial charge in [0.15, 0.2) is 0 Å². The molecule has 4 nitrogen and oxygen atoms in total. The van der Waals surface area contributed by atoms with Crippen molar-refractivity contribution in [1.82, 2.24) is 9.97 Å². The summed E-state index contributed by atoms with van der Waals surface area (Å²) < 4.78 is 40.6. The molecule has 1 atom stereocenters. The van der Waals surface area contributed by atoms with Crippen molar-refractivity contribution >= 4 is 16.6 Å². The number of para-hydroxylation sites is 1. The second-order valence-electron chi connectivity index (χ2n) is 6.93. The Labute approximate surface area is 171 Å². The predicted molar refractivity (Wildman–Crippen MR) is 109 cm³/mol. The number of aromatic nitrogens is 2. The van der Waals surface area contributed by atoms with Crippen LogP contribution in [0, 0.1) is 6.92 Å².